The predicted octanol–water partition coefficient (Wildman–Crippen LogP) is 3.14. The van der Waals surface area contributed by atoms with Crippen molar-refractivity contribution in [3.63, 3.8) is 0 Å². The number of hydrogen-bond donors (Lipinski definition) is 1. The first-order valence-corrected chi connectivity index (χ1v) is 6.33. The van der Waals surface area contributed by atoms with Crippen LogP contribution in [0.3, 0.4) is 0 Å². The van der Waals surface area contributed by atoms with Crippen molar-refractivity contribution < 1.29 is 4.79 Å². The summed E-state index contributed by atoms with van der Waals surface area (Å²) < 4.78 is 0. The summed E-state index contributed by atoms with van der Waals surface area (Å²) >= 11 is 0. The van der Waals surface area contributed by atoms with Crippen LogP contribution in [0.2, 0.25) is 0 Å². The Bertz CT molecular complexity index is 411. The molecule has 1 aromatic rings. The molecule has 0 saturated heterocycles. The molecule has 1 heterocycles. The van der Waals surface area contributed by atoms with Crippen LogP contribution in [0.25, 0.3) is 0 Å². The second-order valence-electron chi connectivity index (χ2n) is 5.01. The van der Waals surface area contributed by atoms with E-state index in [9.17, 15) is 4.79 Å². The third-order valence-corrected chi connectivity index (χ3v) is 3.50. The molecule has 1 aliphatic carbocycles. The normalized spacial score (nSPS) is 16.2. The van der Waals surface area contributed by atoms with E-state index in [1.807, 2.05) is 26.8 Å². The molecule has 1 fully saturated rings. The third-order valence-electron chi connectivity index (χ3n) is 3.50. The van der Waals surface area contributed by atoms with Crippen LogP contribution >= 0.6 is 0 Å². The van der Waals surface area contributed by atoms with Gasteiger partial charge in [-0.2, -0.15) is 0 Å². The highest BCUT2D eigenvalue weighted by Gasteiger charge is 2.23. The van der Waals surface area contributed by atoms with E-state index in [-0.39, 0.29) is 11.8 Å². The van der Waals surface area contributed by atoms with Crippen molar-refractivity contribution >= 4 is 11.6 Å². The summed E-state index contributed by atoms with van der Waals surface area (Å²) in [5.74, 6) is 0.370. The lowest BCUT2D eigenvalue weighted by Crippen LogP contribution is -2.21. The lowest BCUT2D eigenvalue weighted by molar-refractivity contribution is -0.119. The van der Waals surface area contributed by atoms with Crippen molar-refractivity contribution in [2.45, 2.75) is 46.5 Å². The first-order valence-electron chi connectivity index (χ1n) is 6.33. The Hall–Kier alpha value is -1.38. The largest absolute Gasteiger partial charge is 0.324 e. The summed E-state index contributed by atoms with van der Waals surface area (Å²) in [6, 6.07) is 2.01. The molecule has 3 heteroatoms. The van der Waals surface area contributed by atoms with Crippen LogP contribution in [0, 0.1) is 26.7 Å². The quantitative estimate of drug-likeness (QED) is 0.851. The highest BCUT2D eigenvalue weighted by molar-refractivity contribution is 5.93. The number of nitrogens with zero attached hydrogens (tertiary/aromatic N) is 1. The van der Waals surface area contributed by atoms with E-state index in [4.69, 9.17) is 0 Å². The van der Waals surface area contributed by atoms with Crippen molar-refractivity contribution in [2.75, 3.05) is 5.32 Å². The molecule has 17 heavy (non-hydrogen) atoms. The van der Waals surface area contributed by atoms with Gasteiger partial charge in [0, 0.05) is 11.6 Å². The molecule has 0 atom stereocenters. The number of anilines is 1. The maximum atomic E-state index is 12.1. The van der Waals surface area contributed by atoms with Crippen molar-refractivity contribution in [3.05, 3.63) is 23.0 Å². The standard InChI is InChI=1S/C14H20N2O/c1-9-8-10(2)15-11(3)13(9)16-14(17)12-6-4-5-7-12/h8,12H,4-7H2,1-3H3,(H,16,17). The fraction of sp³-hybridized carbons (Fsp3) is 0.571. The molecule has 0 radical (unpaired) electrons. The number of aromatic nitrogens is 1. The van der Waals surface area contributed by atoms with Gasteiger partial charge in [0.25, 0.3) is 0 Å². The summed E-state index contributed by atoms with van der Waals surface area (Å²) in [5.41, 5.74) is 3.90. The zero-order valence-electron chi connectivity index (χ0n) is 10.8. The smallest absolute Gasteiger partial charge is 0.227 e. The van der Waals surface area contributed by atoms with Crippen LogP contribution in [-0.4, -0.2) is 10.9 Å². The molecule has 0 unspecified atom stereocenters. The van der Waals surface area contributed by atoms with Gasteiger partial charge in [0.1, 0.15) is 0 Å². The van der Waals surface area contributed by atoms with Gasteiger partial charge in [-0.05, 0) is 45.2 Å². The Balaban J connectivity index is 2.15. The van der Waals surface area contributed by atoms with E-state index >= 15 is 0 Å². The zero-order chi connectivity index (χ0) is 12.4. The van der Waals surface area contributed by atoms with Crippen LogP contribution < -0.4 is 5.32 Å². The number of carbonyl (C=O) groups excluding carboxylic acids is 1. The third kappa shape index (κ3) is 2.65. The molecule has 1 amide bonds. The predicted molar refractivity (Wildman–Crippen MR) is 69.0 cm³/mol. The van der Waals surface area contributed by atoms with Gasteiger partial charge in [0.05, 0.1) is 11.4 Å². The van der Waals surface area contributed by atoms with Crippen LogP contribution in [0.1, 0.15) is 42.6 Å². The highest BCUT2D eigenvalue weighted by atomic mass is 16.1. The minimum Gasteiger partial charge on any atom is -0.324 e. The first kappa shape index (κ1) is 12.1. The Labute approximate surface area is 103 Å². The molecule has 1 N–H and O–H groups in total. The maximum Gasteiger partial charge on any atom is 0.227 e. The van der Waals surface area contributed by atoms with Crippen molar-refractivity contribution in [2.24, 2.45) is 5.92 Å². The molecule has 0 aliphatic heterocycles. The number of pyridine rings is 1. The Morgan fingerprint density at radius 2 is 1.94 bits per heavy atom. The molecular weight excluding hydrogens is 212 g/mol. The van der Waals surface area contributed by atoms with Crippen molar-refractivity contribution in [1.82, 2.24) is 4.98 Å². The summed E-state index contributed by atoms with van der Waals surface area (Å²) in [6.45, 7) is 5.94. The van der Waals surface area contributed by atoms with E-state index in [1.54, 1.807) is 0 Å². The van der Waals surface area contributed by atoms with E-state index in [0.717, 1.165) is 35.5 Å². The van der Waals surface area contributed by atoms with E-state index < -0.39 is 0 Å². The molecule has 0 spiro atoms. The Morgan fingerprint density at radius 3 is 2.53 bits per heavy atom. The van der Waals surface area contributed by atoms with Gasteiger partial charge in [0.15, 0.2) is 0 Å². The second kappa shape index (κ2) is 4.86. The monoisotopic (exact) mass is 232 g/mol. The average Bonchev–Trinajstić information content (AvgIpc) is 2.76. The fourth-order valence-electron chi connectivity index (χ4n) is 2.63. The number of rotatable bonds is 2. The van der Waals surface area contributed by atoms with E-state index in [0.29, 0.717) is 0 Å². The molecule has 92 valence electrons. The summed E-state index contributed by atoms with van der Waals surface area (Å²) in [6.07, 6.45) is 4.43. The lowest BCUT2D eigenvalue weighted by atomic mass is 10.1. The minimum atomic E-state index is 0.166. The van der Waals surface area contributed by atoms with Gasteiger partial charge in [-0.1, -0.05) is 12.8 Å². The van der Waals surface area contributed by atoms with Crippen LogP contribution in [0.15, 0.2) is 6.07 Å². The van der Waals surface area contributed by atoms with Gasteiger partial charge >= 0.3 is 0 Å². The summed E-state index contributed by atoms with van der Waals surface area (Å²) in [4.78, 5) is 16.5. The molecule has 1 aliphatic rings. The van der Waals surface area contributed by atoms with Gasteiger partial charge in [-0.3, -0.25) is 9.78 Å². The van der Waals surface area contributed by atoms with Gasteiger partial charge in [-0.25, -0.2) is 0 Å². The maximum absolute atomic E-state index is 12.1. The molecule has 2 rings (SSSR count). The van der Waals surface area contributed by atoms with E-state index in [1.165, 1.54) is 12.8 Å². The fourth-order valence-corrected chi connectivity index (χ4v) is 2.63. The zero-order valence-corrected chi connectivity index (χ0v) is 10.8. The summed E-state index contributed by atoms with van der Waals surface area (Å²) in [5, 5.41) is 3.05. The number of carbonyl (C=O) groups is 1. The van der Waals surface area contributed by atoms with Gasteiger partial charge in [0.2, 0.25) is 5.91 Å². The first-order chi connectivity index (χ1) is 8.08. The topological polar surface area (TPSA) is 42.0 Å². The number of nitrogens with one attached hydrogen (secondary N) is 1. The number of aryl methyl sites for hydroxylation is 3. The Kier molecular flexibility index (Phi) is 3.46. The summed E-state index contributed by atoms with van der Waals surface area (Å²) in [7, 11) is 0. The van der Waals surface area contributed by atoms with Crippen LogP contribution in [0.5, 0.6) is 0 Å². The average molecular weight is 232 g/mol. The van der Waals surface area contributed by atoms with Crippen LogP contribution in [-0.2, 0) is 4.79 Å². The number of amides is 1. The molecule has 0 aromatic carbocycles. The molecule has 0 bridgehead atoms. The molecule has 1 saturated carbocycles. The lowest BCUT2D eigenvalue weighted by Gasteiger charge is -2.14. The van der Waals surface area contributed by atoms with Gasteiger partial charge in [-0.15, -0.1) is 0 Å². The van der Waals surface area contributed by atoms with Gasteiger partial charge < -0.3 is 5.32 Å². The number of hydrogen-bond acceptors (Lipinski definition) is 2. The Morgan fingerprint density at radius 1 is 1.29 bits per heavy atom. The SMILES string of the molecule is Cc1cc(C)c(NC(=O)C2CCCC2)c(C)n1. The van der Waals surface area contributed by atoms with Crippen molar-refractivity contribution in [3.8, 4) is 0 Å². The molecular formula is C14H20N2O. The minimum absolute atomic E-state index is 0.166. The highest BCUT2D eigenvalue weighted by Crippen LogP contribution is 2.27. The van der Waals surface area contributed by atoms with Crippen LogP contribution in [0.4, 0.5) is 5.69 Å². The second-order valence-corrected chi connectivity index (χ2v) is 5.01. The van der Waals surface area contributed by atoms with Crippen molar-refractivity contribution in [1.29, 1.82) is 0 Å². The molecule has 3 nitrogen and oxygen atoms in total. The van der Waals surface area contributed by atoms with E-state index in [2.05, 4.69) is 10.3 Å². The molecule has 1 aromatic heterocycles.